The summed E-state index contributed by atoms with van der Waals surface area (Å²) in [7, 11) is 1.55. The Morgan fingerprint density at radius 3 is 2.89 bits per heavy atom. The molecule has 0 saturated carbocycles. The number of halogens is 1. The largest absolute Gasteiger partial charge is 0.507 e. The van der Waals surface area contributed by atoms with Crippen molar-refractivity contribution < 1.29 is 14.6 Å². The fraction of sp³-hybridized carbons (Fsp3) is 0.308. The van der Waals surface area contributed by atoms with Crippen molar-refractivity contribution in [3.63, 3.8) is 0 Å². The summed E-state index contributed by atoms with van der Waals surface area (Å²) >= 11 is 3.38. The van der Waals surface area contributed by atoms with E-state index < -0.39 is 6.29 Å². The van der Waals surface area contributed by atoms with Gasteiger partial charge in [0.15, 0.2) is 6.29 Å². The van der Waals surface area contributed by atoms with Crippen molar-refractivity contribution in [2.45, 2.75) is 13.2 Å². The molecule has 1 aromatic carbocycles. The first-order chi connectivity index (χ1) is 8.67. The van der Waals surface area contributed by atoms with Gasteiger partial charge in [-0.25, -0.2) is 0 Å². The lowest BCUT2D eigenvalue weighted by Gasteiger charge is -2.18. The van der Waals surface area contributed by atoms with Crippen LogP contribution in [0.4, 0.5) is 0 Å². The van der Waals surface area contributed by atoms with E-state index in [4.69, 9.17) is 9.47 Å². The van der Waals surface area contributed by atoms with Gasteiger partial charge in [0, 0.05) is 29.8 Å². The van der Waals surface area contributed by atoms with E-state index in [9.17, 15) is 5.11 Å². The number of phenolic OH excluding ortho intramolecular Hbond substituents is 1. The second kappa shape index (κ2) is 5.65. The first kappa shape index (κ1) is 13.3. The Balaban J connectivity index is 2.65. The third-order valence-corrected chi connectivity index (χ3v) is 3.05. The highest BCUT2D eigenvalue weighted by Crippen LogP contribution is 2.34. The minimum atomic E-state index is -0.602. The van der Waals surface area contributed by atoms with Gasteiger partial charge in [0.2, 0.25) is 0 Å². The van der Waals surface area contributed by atoms with Crippen LogP contribution in [0.25, 0.3) is 10.9 Å². The van der Waals surface area contributed by atoms with Gasteiger partial charge in [0.05, 0.1) is 11.1 Å². The summed E-state index contributed by atoms with van der Waals surface area (Å²) in [5, 5.41) is 10.8. The van der Waals surface area contributed by atoms with Gasteiger partial charge in [0.1, 0.15) is 5.75 Å². The number of nitrogens with zero attached hydrogens (tertiary/aromatic N) is 1. The monoisotopic (exact) mass is 311 g/mol. The van der Waals surface area contributed by atoms with Gasteiger partial charge >= 0.3 is 0 Å². The highest BCUT2D eigenvalue weighted by atomic mass is 79.9. The summed E-state index contributed by atoms with van der Waals surface area (Å²) in [4.78, 5) is 4.29. The Morgan fingerprint density at radius 2 is 2.22 bits per heavy atom. The molecule has 0 radical (unpaired) electrons. The molecule has 0 aliphatic rings. The SMILES string of the molecule is CCOC(OC)c1c(O)ccc2ncc(Br)cc12. The molecule has 2 rings (SSSR count). The molecule has 96 valence electrons. The first-order valence-corrected chi connectivity index (χ1v) is 6.38. The van der Waals surface area contributed by atoms with Crippen LogP contribution in [-0.4, -0.2) is 23.8 Å². The van der Waals surface area contributed by atoms with E-state index in [0.29, 0.717) is 12.2 Å². The Morgan fingerprint density at radius 1 is 1.44 bits per heavy atom. The Kier molecular flexibility index (Phi) is 4.16. The molecule has 0 spiro atoms. The summed E-state index contributed by atoms with van der Waals surface area (Å²) < 4.78 is 11.6. The van der Waals surface area contributed by atoms with Crippen LogP contribution in [-0.2, 0) is 9.47 Å². The van der Waals surface area contributed by atoms with Crippen molar-refractivity contribution in [2.75, 3.05) is 13.7 Å². The zero-order valence-electron chi connectivity index (χ0n) is 10.2. The van der Waals surface area contributed by atoms with Gasteiger partial charge in [-0.3, -0.25) is 4.98 Å². The highest BCUT2D eigenvalue weighted by Gasteiger charge is 2.19. The van der Waals surface area contributed by atoms with Crippen molar-refractivity contribution >= 4 is 26.8 Å². The van der Waals surface area contributed by atoms with E-state index in [2.05, 4.69) is 20.9 Å². The van der Waals surface area contributed by atoms with Gasteiger partial charge < -0.3 is 14.6 Å². The topological polar surface area (TPSA) is 51.6 Å². The summed E-state index contributed by atoms with van der Waals surface area (Å²) in [6.45, 7) is 2.37. The number of aromatic nitrogens is 1. The van der Waals surface area contributed by atoms with Crippen molar-refractivity contribution in [3.8, 4) is 5.75 Å². The van der Waals surface area contributed by atoms with Crippen LogP contribution in [0.1, 0.15) is 18.8 Å². The van der Waals surface area contributed by atoms with E-state index in [1.165, 1.54) is 0 Å². The van der Waals surface area contributed by atoms with Crippen LogP contribution in [0.3, 0.4) is 0 Å². The molecular formula is C13H14BrNO3. The zero-order valence-corrected chi connectivity index (χ0v) is 11.8. The maximum absolute atomic E-state index is 10.0. The fourth-order valence-electron chi connectivity index (χ4n) is 1.85. The summed E-state index contributed by atoms with van der Waals surface area (Å²) in [6, 6.07) is 5.26. The zero-order chi connectivity index (χ0) is 13.1. The molecule has 18 heavy (non-hydrogen) atoms. The Labute approximate surface area is 114 Å². The minimum absolute atomic E-state index is 0.141. The van der Waals surface area contributed by atoms with E-state index in [-0.39, 0.29) is 5.75 Å². The number of aromatic hydroxyl groups is 1. The minimum Gasteiger partial charge on any atom is -0.507 e. The van der Waals surface area contributed by atoms with Crippen LogP contribution in [0.2, 0.25) is 0 Å². The fourth-order valence-corrected chi connectivity index (χ4v) is 2.18. The van der Waals surface area contributed by atoms with Gasteiger partial charge in [-0.1, -0.05) is 0 Å². The third kappa shape index (κ3) is 2.48. The van der Waals surface area contributed by atoms with Crippen LogP contribution in [0.15, 0.2) is 28.9 Å². The lowest BCUT2D eigenvalue weighted by Crippen LogP contribution is -2.07. The van der Waals surface area contributed by atoms with E-state index in [1.807, 2.05) is 13.0 Å². The lowest BCUT2D eigenvalue weighted by atomic mass is 10.1. The smallest absolute Gasteiger partial charge is 0.187 e. The van der Waals surface area contributed by atoms with Crippen LogP contribution < -0.4 is 0 Å². The molecular weight excluding hydrogens is 298 g/mol. The number of fused-ring (bicyclic) bond motifs is 1. The molecule has 1 aromatic heterocycles. The quantitative estimate of drug-likeness (QED) is 0.879. The third-order valence-electron chi connectivity index (χ3n) is 2.62. The maximum atomic E-state index is 10.0. The molecule has 0 aliphatic heterocycles. The number of pyridine rings is 1. The molecule has 4 nitrogen and oxygen atoms in total. The molecule has 0 saturated heterocycles. The van der Waals surface area contributed by atoms with Crippen molar-refractivity contribution in [2.24, 2.45) is 0 Å². The second-order valence-electron chi connectivity index (χ2n) is 3.74. The molecule has 2 aromatic rings. The number of methoxy groups -OCH3 is 1. The van der Waals surface area contributed by atoms with E-state index in [0.717, 1.165) is 15.4 Å². The van der Waals surface area contributed by atoms with Crippen LogP contribution in [0.5, 0.6) is 5.75 Å². The van der Waals surface area contributed by atoms with Gasteiger partial charge in [-0.15, -0.1) is 0 Å². The number of rotatable bonds is 4. The molecule has 0 amide bonds. The van der Waals surface area contributed by atoms with Crippen molar-refractivity contribution in [3.05, 3.63) is 34.4 Å². The predicted octanol–water partition coefficient (Wildman–Crippen LogP) is 3.38. The van der Waals surface area contributed by atoms with Crippen LogP contribution in [0, 0.1) is 0 Å². The van der Waals surface area contributed by atoms with Gasteiger partial charge in [-0.2, -0.15) is 0 Å². The maximum Gasteiger partial charge on any atom is 0.187 e. The normalized spacial score (nSPS) is 12.8. The van der Waals surface area contributed by atoms with Crippen molar-refractivity contribution in [1.82, 2.24) is 4.98 Å². The first-order valence-electron chi connectivity index (χ1n) is 5.59. The van der Waals surface area contributed by atoms with Crippen molar-refractivity contribution in [1.29, 1.82) is 0 Å². The number of hydrogen-bond donors (Lipinski definition) is 1. The Bertz CT molecular complexity index is 554. The van der Waals surface area contributed by atoms with E-state index >= 15 is 0 Å². The molecule has 1 heterocycles. The lowest BCUT2D eigenvalue weighted by molar-refractivity contribution is -0.123. The Hall–Kier alpha value is -1.17. The number of benzene rings is 1. The summed E-state index contributed by atoms with van der Waals surface area (Å²) in [6.07, 6.45) is 1.11. The summed E-state index contributed by atoms with van der Waals surface area (Å²) in [5.74, 6) is 0.141. The molecule has 0 bridgehead atoms. The molecule has 1 unspecified atom stereocenters. The average Bonchev–Trinajstić information content (AvgIpc) is 2.36. The number of phenols is 1. The summed E-state index contributed by atoms with van der Waals surface area (Å²) in [5.41, 5.74) is 1.39. The van der Waals surface area contributed by atoms with Gasteiger partial charge in [0.25, 0.3) is 0 Å². The van der Waals surface area contributed by atoms with Crippen LogP contribution >= 0.6 is 15.9 Å². The molecule has 0 aliphatic carbocycles. The highest BCUT2D eigenvalue weighted by molar-refractivity contribution is 9.10. The molecule has 1 N–H and O–H groups in total. The molecule has 1 atom stereocenters. The number of ether oxygens (including phenoxy) is 2. The predicted molar refractivity (Wildman–Crippen MR) is 72.5 cm³/mol. The molecule has 5 heteroatoms. The molecule has 0 fully saturated rings. The number of hydrogen-bond acceptors (Lipinski definition) is 4. The average molecular weight is 312 g/mol. The van der Waals surface area contributed by atoms with Gasteiger partial charge in [-0.05, 0) is 41.1 Å². The van der Waals surface area contributed by atoms with E-state index in [1.54, 1.807) is 25.4 Å². The second-order valence-corrected chi connectivity index (χ2v) is 4.66. The standard InChI is InChI=1S/C13H14BrNO3/c1-3-18-13(17-2)12-9-6-8(14)7-15-10(9)4-5-11(12)16/h4-7,13,16H,3H2,1-2H3.